The van der Waals surface area contributed by atoms with E-state index in [0.717, 1.165) is 25.8 Å². The number of aromatic amines is 1. The molecule has 1 aromatic rings. The van der Waals surface area contributed by atoms with Crippen molar-refractivity contribution in [2.75, 3.05) is 6.54 Å². The summed E-state index contributed by atoms with van der Waals surface area (Å²) in [5, 5.41) is 8.58. The number of halogens is 3. The maximum atomic E-state index is 12.5. The van der Waals surface area contributed by atoms with Gasteiger partial charge in [0.15, 0.2) is 0 Å². The number of nitrogens with zero attached hydrogens (tertiary/aromatic N) is 1. The van der Waals surface area contributed by atoms with Crippen molar-refractivity contribution in [2.24, 2.45) is 0 Å². The minimum Gasteiger partial charge on any atom is -0.310 e. The van der Waals surface area contributed by atoms with Crippen LogP contribution in [-0.4, -0.2) is 16.7 Å². The van der Waals surface area contributed by atoms with Crippen LogP contribution in [0.3, 0.4) is 0 Å². The standard InChI is InChI=1S/C9H12F3N3/c10-9(11,12)8-6(5-14-15-8)7-3-1-2-4-13-7/h5,7,13H,1-4H2,(H,14,15). The van der Waals surface area contributed by atoms with Crippen LogP contribution in [0.2, 0.25) is 0 Å². The highest BCUT2D eigenvalue weighted by atomic mass is 19.4. The van der Waals surface area contributed by atoms with Gasteiger partial charge in [0.05, 0.1) is 6.20 Å². The maximum absolute atomic E-state index is 12.5. The molecular formula is C9H12F3N3. The number of nitrogens with one attached hydrogen (secondary N) is 2. The molecule has 0 radical (unpaired) electrons. The smallest absolute Gasteiger partial charge is 0.310 e. The third-order valence-corrected chi connectivity index (χ3v) is 2.64. The molecule has 15 heavy (non-hydrogen) atoms. The van der Waals surface area contributed by atoms with Gasteiger partial charge in [0, 0.05) is 11.6 Å². The SMILES string of the molecule is FC(F)(F)c1[nH]ncc1C1CCCCN1. The molecule has 0 spiro atoms. The van der Waals surface area contributed by atoms with Crippen LogP contribution in [0.15, 0.2) is 6.20 Å². The van der Waals surface area contributed by atoms with Crippen LogP contribution in [0.4, 0.5) is 13.2 Å². The summed E-state index contributed by atoms with van der Waals surface area (Å²) in [7, 11) is 0. The summed E-state index contributed by atoms with van der Waals surface area (Å²) in [5.74, 6) is 0. The van der Waals surface area contributed by atoms with E-state index >= 15 is 0 Å². The van der Waals surface area contributed by atoms with E-state index < -0.39 is 11.9 Å². The van der Waals surface area contributed by atoms with Gasteiger partial charge in [-0.25, -0.2) is 0 Å². The van der Waals surface area contributed by atoms with E-state index in [2.05, 4.69) is 10.4 Å². The quantitative estimate of drug-likeness (QED) is 0.760. The Morgan fingerprint density at radius 2 is 2.13 bits per heavy atom. The van der Waals surface area contributed by atoms with Crippen LogP contribution in [0.5, 0.6) is 0 Å². The number of aromatic nitrogens is 2. The van der Waals surface area contributed by atoms with Crippen LogP contribution < -0.4 is 5.32 Å². The molecule has 0 saturated carbocycles. The largest absolute Gasteiger partial charge is 0.433 e. The molecule has 0 aliphatic carbocycles. The molecule has 2 heterocycles. The van der Waals surface area contributed by atoms with Crippen molar-refractivity contribution in [1.29, 1.82) is 0 Å². The minimum atomic E-state index is -4.34. The Labute approximate surface area is 85.1 Å². The van der Waals surface area contributed by atoms with Crippen molar-refractivity contribution in [2.45, 2.75) is 31.5 Å². The highest BCUT2D eigenvalue weighted by Gasteiger charge is 2.37. The van der Waals surface area contributed by atoms with Gasteiger partial charge in [0.25, 0.3) is 0 Å². The number of rotatable bonds is 1. The molecule has 1 aliphatic heterocycles. The van der Waals surface area contributed by atoms with Gasteiger partial charge in [0.2, 0.25) is 0 Å². The van der Waals surface area contributed by atoms with Gasteiger partial charge in [-0.3, -0.25) is 5.10 Å². The Balaban J connectivity index is 2.24. The molecule has 3 nitrogen and oxygen atoms in total. The van der Waals surface area contributed by atoms with Gasteiger partial charge in [-0.1, -0.05) is 6.42 Å². The molecule has 2 rings (SSSR count). The van der Waals surface area contributed by atoms with Crippen molar-refractivity contribution in [3.63, 3.8) is 0 Å². The summed E-state index contributed by atoms with van der Waals surface area (Å²) in [4.78, 5) is 0. The van der Waals surface area contributed by atoms with Crippen molar-refractivity contribution in [3.8, 4) is 0 Å². The van der Waals surface area contributed by atoms with Crippen molar-refractivity contribution >= 4 is 0 Å². The normalized spacial score (nSPS) is 23.0. The zero-order valence-corrected chi connectivity index (χ0v) is 8.06. The molecule has 0 bridgehead atoms. The predicted octanol–water partition coefficient (Wildman–Crippen LogP) is 2.24. The lowest BCUT2D eigenvalue weighted by molar-refractivity contribution is -0.142. The molecule has 6 heteroatoms. The monoisotopic (exact) mass is 219 g/mol. The first-order valence-electron chi connectivity index (χ1n) is 4.93. The summed E-state index contributed by atoms with van der Waals surface area (Å²) in [6.45, 7) is 0.771. The zero-order valence-electron chi connectivity index (χ0n) is 8.06. The van der Waals surface area contributed by atoms with E-state index in [1.165, 1.54) is 6.20 Å². The van der Waals surface area contributed by atoms with Gasteiger partial charge in [-0.05, 0) is 19.4 Å². The lowest BCUT2D eigenvalue weighted by Gasteiger charge is -2.23. The zero-order chi connectivity index (χ0) is 10.9. The molecule has 2 N–H and O–H groups in total. The Hall–Kier alpha value is -1.04. The van der Waals surface area contributed by atoms with Gasteiger partial charge in [-0.15, -0.1) is 0 Å². The van der Waals surface area contributed by atoms with Crippen LogP contribution in [0.25, 0.3) is 0 Å². The van der Waals surface area contributed by atoms with E-state index in [4.69, 9.17) is 0 Å². The topological polar surface area (TPSA) is 40.7 Å². The highest BCUT2D eigenvalue weighted by molar-refractivity contribution is 5.23. The van der Waals surface area contributed by atoms with Gasteiger partial charge in [0.1, 0.15) is 5.69 Å². The molecule has 1 aliphatic rings. The van der Waals surface area contributed by atoms with Crippen LogP contribution in [0.1, 0.15) is 36.6 Å². The Bertz CT molecular complexity index is 326. The van der Waals surface area contributed by atoms with E-state index in [0.29, 0.717) is 0 Å². The van der Waals surface area contributed by atoms with Crippen molar-refractivity contribution in [3.05, 3.63) is 17.5 Å². The van der Waals surface area contributed by atoms with E-state index in [9.17, 15) is 13.2 Å². The summed E-state index contributed by atoms with van der Waals surface area (Å²) < 4.78 is 37.6. The second-order valence-electron chi connectivity index (χ2n) is 3.70. The summed E-state index contributed by atoms with van der Waals surface area (Å²) in [5.41, 5.74) is -0.482. The van der Waals surface area contributed by atoms with Crippen molar-refractivity contribution in [1.82, 2.24) is 15.5 Å². The third-order valence-electron chi connectivity index (χ3n) is 2.64. The van der Waals surface area contributed by atoms with Crippen LogP contribution >= 0.6 is 0 Å². The maximum Gasteiger partial charge on any atom is 0.433 e. The van der Waals surface area contributed by atoms with E-state index in [-0.39, 0.29) is 11.6 Å². The fraction of sp³-hybridized carbons (Fsp3) is 0.667. The molecule has 1 saturated heterocycles. The molecule has 1 atom stereocenters. The molecular weight excluding hydrogens is 207 g/mol. The van der Waals surface area contributed by atoms with Gasteiger partial charge >= 0.3 is 6.18 Å². The Morgan fingerprint density at radius 1 is 1.33 bits per heavy atom. The Morgan fingerprint density at radius 3 is 2.73 bits per heavy atom. The number of piperidine rings is 1. The van der Waals surface area contributed by atoms with Gasteiger partial charge in [-0.2, -0.15) is 18.3 Å². The molecule has 0 aromatic carbocycles. The van der Waals surface area contributed by atoms with E-state index in [1.807, 2.05) is 5.10 Å². The van der Waals surface area contributed by atoms with Gasteiger partial charge < -0.3 is 5.32 Å². The summed E-state index contributed by atoms with van der Waals surface area (Å²) >= 11 is 0. The molecule has 1 unspecified atom stereocenters. The first kappa shape index (κ1) is 10.5. The lowest BCUT2D eigenvalue weighted by atomic mass is 9.98. The molecule has 1 aromatic heterocycles. The second kappa shape index (κ2) is 3.84. The lowest BCUT2D eigenvalue weighted by Crippen LogP contribution is -2.28. The first-order valence-corrected chi connectivity index (χ1v) is 4.93. The fourth-order valence-corrected chi connectivity index (χ4v) is 1.90. The molecule has 1 fully saturated rings. The fourth-order valence-electron chi connectivity index (χ4n) is 1.90. The summed E-state index contributed by atoms with van der Waals surface area (Å²) in [6, 6.07) is -0.214. The third kappa shape index (κ3) is 2.14. The number of alkyl halides is 3. The first-order chi connectivity index (χ1) is 7.09. The molecule has 84 valence electrons. The summed E-state index contributed by atoms with van der Waals surface area (Å²) in [6.07, 6.45) is -0.352. The number of hydrogen-bond donors (Lipinski definition) is 2. The second-order valence-corrected chi connectivity index (χ2v) is 3.70. The number of H-pyrrole nitrogens is 1. The van der Waals surface area contributed by atoms with Crippen LogP contribution in [0, 0.1) is 0 Å². The number of hydrogen-bond acceptors (Lipinski definition) is 2. The average molecular weight is 219 g/mol. The molecule has 0 amide bonds. The van der Waals surface area contributed by atoms with Crippen LogP contribution in [-0.2, 0) is 6.18 Å². The Kier molecular flexibility index (Phi) is 2.68. The minimum absolute atomic E-state index is 0.214. The van der Waals surface area contributed by atoms with Crippen molar-refractivity contribution < 1.29 is 13.2 Å². The average Bonchev–Trinajstić information content (AvgIpc) is 2.67. The van der Waals surface area contributed by atoms with E-state index in [1.54, 1.807) is 0 Å². The predicted molar refractivity (Wildman–Crippen MR) is 48.2 cm³/mol. The highest BCUT2D eigenvalue weighted by Crippen LogP contribution is 2.34.